The average Bonchev–Trinajstić information content (AvgIpc) is 3.69. The van der Waals surface area contributed by atoms with Gasteiger partial charge in [-0.25, -0.2) is 0 Å². The monoisotopic (exact) mass is 569 g/mol. The van der Waals surface area contributed by atoms with Crippen molar-refractivity contribution in [1.29, 1.82) is 0 Å². The molecule has 2 saturated heterocycles. The molecule has 210 valence electrons. The van der Waals surface area contributed by atoms with Gasteiger partial charge in [-0.3, -0.25) is 24.4 Å². The first-order valence-electron chi connectivity index (χ1n) is 13.9. The van der Waals surface area contributed by atoms with Crippen LogP contribution in [0.3, 0.4) is 0 Å². The summed E-state index contributed by atoms with van der Waals surface area (Å²) in [6, 6.07) is 16.5. The van der Waals surface area contributed by atoms with Gasteiger partial charge in [0.1, 0.15) is 5.69 Å². The lowest BCUT2D eigenvalue weighted by Crippen LogP contribution is -2.53. The second kappa shape index (κ2) is 10.4. The van der Waals surface area contributed by atoms with E-state index in [4.69, 9.17) is 11.6 Å². The minimum absolute atomic E-state index is 0.0173. The van der Waals surface area contributed by atoms with Gasteiger partial charge >= 0.3 is 0 Å². The van der Waals surface area contributed by atoms with E-state index in [-0.39, 0.29) is 36.1 Å². The smallest absolute Gasteiger partial charge is 0.272 e. The van der Waals surface area contributed by atoms with Crippen LogP contribution in [-0.4, -0.2) is 67.5 Å². The van der Waals surface area contributed by atoms with Crippen LogP contribution in [0.4, 0.5) is 0 Å². The Morgan fingerprint density at radius 2 is 1.76 bits per heavy atom. The van der Waals surface area contributed by atoms with Crippen molar-refractivity contribution in [3.8, 4) is 11.3 Å². The zero-order chi connectivity index (χ0) is 28.9. The molecule has 0 spiro atoms. The third kappa shape index (κ3) is 5.12. The van der Waals surface area contributed by atoms with Crippen molar-refractivity contribution in [2.24, 2.45) is 11.3 Å². The lowest BCUT2D eigenvalue weighted by molar-refractivity contribution is -0.141. The van der Waals surface area contributed by atoms with Crippen molar-refractivity contribution in [1.82, 2.24) is 24.8 Å². The third-order valence-corrected chi connectivity index (χ3v) is 8.67. The minimum Gasteiger partial charge on any atom is -0.352 e. The fourth-order valence-corrected chi connectivity index (χ4v) is 6.30. The van der Waals surface area contributed by atoms with E-state index >= 15 is 0 Å². The van der Waals surface area contributed by atoms with Crippen LogP contribution in [0.15, 0.2) is 67.0 Å². The number of hydrogen-bond acceptors (Lipinski definition) is 5. The van der Waals surface area contributed by atoms with Gasteiger partial charge in [0.25, 0.3) is 5.91 Å². The maximum absolute atomic E-state index is 13.9. The highest BCUT2D eigenvalue weighted by Crippen LogP contribution is 2.38. The fourth-order valence-electron chi connectivity index (χ4n) is 6.07. The van der Waals surface area contributed by atoms with Crippen molar-refractivity contribution in [2.45, 2.75) is 45.7 Å². The number of hydrogen-bond donors (Lipinski definition) is 1. The van der Waals surface area contributed by atoms with Gasteiger partial charge < -0.3 is 14.8 Å². The van der Waals surface area contributed by atoms with Crippen molar-refractivity contribution in [3.05, 3.63) is 83.4 Å². The molecule has 8 nitrogen and oxygen atoms in total. The predicted molar refractivity (Wildman–Crippen MR) is 158 cm³/mol. The summed E-state index contributed by atoms with van der Waals surface area (Å²) in [5, 5.41) is 1.49. The number of carbonyl (C=O) groups excluding carboxylic acids is 3. The molecule has 6 rings (SSSR count). The van der Waals surface area contributed by atoms with Crippen LogP contribution in [0.1, 0.15) is 54.6 Å². The topological polar surface area (TPSA) is 99.3 Å². The summed E-state index contributed by atoms with van der Waals surface area (Å²) < 4.78 is 0. The Hall–Kier alpha value is -4.04. The molecule has 41 heavy (non-hydrogen) atoms. The Bertz CT molecular complexity index is 1610. The lowest BCUT2D eigenvalue weighted by atomic mass is 9.76. The summed E-state index contributed by atoms with van der Waals surface area (Å²) in [5.41, 5.74) is 2.73. The van der Waals surface area contributed by atoms with Gasteiger partial charge in [0.15, 0.2) is 5.78 Å². The lowest BCUT2D eigenvalue weighted by Gasteiger charge is -2.39. The van der Waals surface area contributed by atoms with E-state index in [0.29, 0.717) is 35.2 Å². The van der Waals surface area contributed by atoms with Gasteiger partial charge in [0.2, 0.25) is 5.91 Å². The van der Waals surface area contributed by atoms with E-state index in [1.807, 2.05) is 60.9 Å². The number of aromatic nitrogens is 3. The summed E-state index contributed by atoms with van der Waals surface area (Å²) in [7, 11) is 0. The van der Waals surface area contributed by atoms with Gasteiger partial charge in [0, 0.05) is 48.4 Å². The van der Waals surface area contributed by atoms with Gasteiger partial charge in [-0.1, -0.05) is 50.6 Å². The summed E-state index contributed by atoms with van der Waals surface area (Å²) >= 11 is 6.25. The second-order valence-electron chi connectivity index (χ2n) is 12.1. The number of nitrogens with zero attached hydrogens (tertiary/aromatic N) is 4. The molecule has 2 aliphatic rings. The van der Waals surface area contributed by atoms with E-state index < -0.39 is 11.3 Å². The highest BCUT2D eigenvalue weighted by atomic mass is 35.5. The Labute approximate surface area is 243 Å². The predicted octanol–water partition coefficient (Wildman–Crippen LogP) is 5.64. The van der Waals surface area contributed by atoms with Crippen LogP contribution in [-0.2, 0) is 4.79 Å². The summed E-state index contributed by atoms with van der Waals surface area (Å²) in [5.74, 6) is -0.712. The molecule has 1 aromatic carbocycles. The molecule has 0 unspecified atom stereocenters. The number of benzene rings is 1. The SMILES string of the molecule is CC(C)(C)[C@H](CC(=O)c1cc2ccccc2[nH]1)C(=O)N1C[C@@H]2C[C@H]1CN2C(=O)c1ccc(-c2ncccc2Cl)cn1. The third-order valence-electron chi connectivity index (χ3n) is 8.36. The number of rotatable bonds is 6. The standard InChI is InChI=1S/C32H32ClN5O3/c1-32(2,3)23(15-28(39)27-13-19-7-4-5-9-25(19)36-27)30(40)37-17-22-14-21(37)18-38(22)31(41)26-11-10-20(16-35-26)29-24(33)8-6-12-34-29/h4-13,16,21-23,36H,14-15,17-18H2,1-3H3/t21-,22-,23+/m0/s1. The van der Waals surface area contributed by atoms with E-state index in [1.54, 1.807) is 36.7 Å². The molecule has 2 bridgehead atoms. The molecule has 3 atom stereocenters. The highest BCUT2D eigenvalue weighted by Gasteiger charge is 2.50. The van der Waals surface area contributed by atoms with Crippen LogP contribution in [0.5, 0.6) is 0 Å². The normalized spacial score (nSPS) is 19.1. The van der Waals surface area contributed by atoms with Crippen LogP contribution in [0, 0.1) is 11.3 Å². The largest absolute Gasteiger partial charge is 0.352 e. The Morgan fingerprint density at radius 1 is 1.00 bits per heavy atom. The maximum atomic E-state index is 13.9. The molecule has 2 fully saturated rings. The highest BCUT2D eigenvalue weighted by molar-refractivity contribution is 6.33. The van der Waals surface area contributed by atoms with Crippen LogP contribution >= 0.6 is 11.6 Å². The summed E-state index contributed by atoms with van der Waals surface area (Å²) in [4.78, 5) is 56.2. The molecule has 3 aromatic heterocycles. The Balaban J connectivity index is 1.13. The fraction of sp³-hybridized carbons (Fsp3) is 0.344. The Kier molecular flexibility index (Phi) is 6.90. The molecular formula is C32H32ClN5O3. The summed E-state index contributed by atoms with van der Waals surface area (Å²) in [6.45, 7) is 6.94. The number of ketones is 1. The zero-order valence-electron chi connectivity index (χ0n) is 23.3. The molecule has 0 aliphatic carbocycles. The molecule has 2 amide bonds. The van der Waals surface area contributed by atoms with E-state index in [2.05, 4.69) is 15.0 Å². The number of aromatic amines is 1. The number of Topliss-reactive ketones (excluding diaryl/α,β-unsaturated/α-hetero) is 1. The first-order chi connectivity index (χ1) is 19.6. The van der Waals surface area contributed by atoms with E-state index in [9.17, 15) is 14.4 Å². The minimum atomic E-state index is -0.474. The maximum Gasteiger partial charge on any atom is 0.272 e. The first-order valence-corrected chi connectivity index (χ1v) is 14.3. The van der Waals surface area contributed by atoms with Crippen molar-refractivity contribution in [3.63, 3.8) is 0 Å². The molecule has 1 N–H and O–H groups in total. The molecule has 0 saturated carbocycles. The molecule has 4 aromatic rings. The van der Waals surface area contributed by atoms with Gasteiger partial charge in [-0.05, 0) is 48.2 Å². The molecule has 0 radical (unpaired) electrons. The van der Waals surface area contributed by atoms with Crippen LogP contribution < -0.4 is 0 Å². The van der Waals surface area contributed by atoms with Gasteiger partial charge in [-0.15, -0.1) is 0 Å². The number of piperazine rings is 1. The van der Waals surface area contributed by atoms with Gasteiger partial charge in [-0.2, -0.15) is 0 Å². The number of carbonyl (C=O) groups is 3. The van der Waals surface area contributed by atoms with Crippen molar-refractivity contribution < 1.29 is 14.4 Å². The first kappa shape index (κ1) is 27.1. The zero-order valence-corrected chi connectivity index (χ0v) is 24.1. The number of halogens is 1. The van der Waals surface area contributed by atoms with Crippen molar-refractivity contribution in [2.75, 3.05) is 13.1 Å². The molecule has 9 heteroatoms. The number of fused-ring (bicyclic) bond motifs is 3. The Morgan fingerprint density at radius 3 is 2.41 bits per heavy atom. The molecule has 5 heterocycles. The van der Waals surface area contributed by atoms with Crippen LogP contribution in [0.25, 0.3) is 22.2 Å². The number of H-pyrrole nitrogens is 1. The second-order valence-corrected chi connectivity index (χ2v) is 12.5. The molecule has 2 aliphatic heterocycles. The van der Waals surface area contributed by atoms with Gasteiger partial charge in [0.05, 0.1) is 34.4 Å². The van der Waals surface area contributed by atoms with E-state index in [1.165, 1.54) is 0 Å². The van der Waals surface area contributed by atoms with Crippen molar-refractivity contribution >= 4 is 40.1 Å². The number of likely N-dealkylation sites (tertiary alicyclic amines) is 2. The number of para-hydroxylation sites is 1. The number of pyridine rings is 2. The summed E-state index contributed by atoms with van der Waals surface area (Å²) in [6.07, 6.45) is 4.13. The quantitative estimate of drug-likeness (QED) is 0.303. The van der Waals surface area contributed by atoms with E-state index in [0.717, 1.165) is 22.9 Å². The molecular weight excluding hydrogens is 538 g/mol. The average molecular weight is 570 g/mol. The number of amides is 2. The number of nitrogens with one attached hydrogen (secondary N) is 1. The van der Waals surface area contributed by atoms with Crippen LogP contribution in [0.2, 0.25) is 5.02 Å².